The summed E-state index contributed by atoms with van der Waals surface area (Å²) in [6.07, 6.45) is 1.53. The molecule has 0 radical (unpaired) electrons. The average molecular weight is 438 g/mol. The smallest absolute Gasteiger partial charge is 0.240 e. The van der Waals surface area contributed by atoms with Gasteiger partial charge in [0, 0.05) is 38.4 Å². The fraction of sp³-hybridized carbons (Fsp3) is 0.429. The van der Waals surface area contributed by atoms with E-state index in [1.165, 1.54) is 30.5 Å². The van der Waals surface area contributed by atoms with Crippen molar-refractivity contribution in [3.8, 4) is 5.75 Å². The first-order chi connectivity index (χ1) is 13.9. The van der Waals surface area contributed by atoms with Crippen molar-refractivity contribution in [3.63, 3.8) is 0 Å². The van der Waals surface area contributed by atoms with Crippen molar-refractivity contribution in [1.29, 1.82) is 0 Å². The predicted molar refractivity (Wildman–Crippen MR) is 118 cm³/mol. The first kappa shape index (κ1) is 21.9. The number of halogens is 1. The van der Waals surface area contributed by atoms with Crippen molar-refractivity contribution >= 4 is 27.3 Å². The summed E-state index contributed by atoms with van der Waals surface area (Å²) >= 11 is 6.03. The van der Waals surface area contributed by atoms with Gasteiger partial charge in [-0.15, -0.1) is 0 Å². The summed E-state index contributed by atoms with van der Waals surface area (Å²) < 4.78 is 32.5. The second-order valence-electron chi connectivity index (χ2n) is 7.25. The van der Waals surface area contributed by atoms with Crippen LogP contribution < -0.4 is 14.4 Å². The summed E-state index contributed by atoms with van der Waals surface area (Å²) in [4.78, 5) is 4.88. The molecule has 1 fully saturated rings. The number of piperazine rings is 1. The number of nitrogens with one attached hydrogen (secondary N) is 1. The molecule has 1 saturated heterocycles. The van der Waals surface area contributed by atoms with Gasteiger partial charge in [0.25, 0.3) is 0 Å². The van der Waals surface area contributed by atoms with Crippen LogP contribution in [0, 0.1) is 0 Å². The number of anilines is 1. The first-order valence-corrected chi connectivity index (χ1v) is 11.6. The summed E-state index contributed by atoms with van der Waals surface area (Å²) in [5, 5.41) is 0.274. The largest absolute Gasteiger partial charge is 0.495 e. The zero-order valence-electron chi connectivity index (χ0n) is 16.9. The Labute approximate surface area is 178 Å². The van der Waals surface area contributed by atoms with E-state index in [9.17, 15) is 8.42 Å². The van der Waals surface area contributed by atoms with Crippen LogP contribution in [0.5, 0.6) is 5.75 Å². The molecule has 0 spiro atoms. The first-order valence-electron chi connectivity index (χ1n) is 9.75. The molecule has 0 saturated carbocycles. The van der Waals surface area contributed by atoms with E-state index in [0.717, 1.165) is 39.0 Å². The van der Waals surface area contributed by atoms with Gasteiger partial charge in [0.05, 0.1) is 17.0 Å². The van der Waals surface area contributed by atoms with Gasteiger partial charge in [-0.05, 0) is 55.8 Å². The molecule has 0 aromatic heterocycles. The van der Waals surface area contributed by atoms with Crippen molar-refractivity contribution in [2.45, 2.75) is 17.7 Å². The summed E-state index contributed by atoms with van der Waals surface area (Å²) in [7, 11) is 0.0535. The molecule has 0 amide bonds. The molecule has 1 aliphatic heterocycles. The normalized spacial score (nSPS) is 15.5. The topological polar surface area (TPSA) is 61.9 Å². The number of hydrogen-bond acceptors (Lipinski definition) is 5. The maximum atomic E-state index is 12.4. The van der Waals surface area contributed by atoms with E-state index in [4.69, 9.17) is 16.3 Å². The zero-order valence-corrected chi connectivity index (χ0v) is 18.5. The Bertz CT molecular complexity index is 911. The number of likely N-dealkylation sites (N-methyl/N-ethyl adjacent to an activating group) is 1. The van der Waals surface area contributed by atoms with Crippen LogP contribution in [-0.4, -0.2) is 60.2 Å². The monoisotopic (exact) mass is 437 g/mol. The summed E-state index contributed by atoms with van der Waals surface area (Å²) in [5.41, 5.74) is 2.45. The van der Waals surface area contributed by atoms with Crippen molar-refractivity contribution in [1.82, 2.24) is 9.62 Å². The lowest BCUT2D eigenvalue weighted by Gasteiger charge is -2.34. The molecule has 0 atom stereocenters. The van der Waals surface area contributed by atoms with Crippen LogP contribution in [0.3, 0.4) is 0 Å². The Hall–Kier alpha value is -1.80. The molecule has 0 unspecified atom stereocenters. The van der Waals surface area contributed by atoms with Crippen LogP contribution in [0.1, 0.15) is 12.0 Å². The highest BCUT2D eigenvalue weighted by atomic mass is 35.5. The van der Waals surface area contributed by atoms with E-state index in [2.05, 4.69) is 45.8 Å². The van der Waals surface area contributed by atoms with E-state index in [-0.39, 0.29) is 9.92 Å². The maximum absolute atomic E-state index is 12.4. The Balaban J connectivity index is 1.48. The molecular formula is C21H28ClN3O3S. The van der Waals surface area contributed by atoms with Crippen LogP contribution in [0.25, 0.3) is 0 Å². The summed E-state index contributed by atoms with van der Waals surface area (Å²) in [5.74, 6) is 0.450. The molecule has 1 heterocycles. The van der Waals surface area contributed by atoms with E-state index < -0.39 is 10.0 Å². The van der Waals surface area contributed by atoms with Crippen LogP contribution >= 0.6 is 11.6 Å². The highest BCUT2D eigenvalue weighted by molar-refractivity contribution is 7.89. The number of sulfonamides is 1. The van der Waals surface area contributed by atoms with Crippen LogP contribution in [0.2, 0.25) is 5.02 Å². The molecule has 3 rings (SSSR count). The van der Waals surface area contributed by atoms with Crippen molar-refractivity contribution in [3.05, 3.63) is 53.1 Å². The molecule has 2 aromatic carbocycles. The lowest BCUT2D eigenvalue weighted by Crippen LogP contribution is -2.44. The second kappa shape index (κ2) is 9.80. The Morgan fingerprint density at radius 1 is 1.07 bits per heavy atom. The van der Waals surface area contributed by atoms with Gasteiger partial charge in [0.1, 0.15) is 5.75 Å². The molecule has 1 N–H and O–H groups in total. The van der Waals surface area contributed by atoms with Gasteiger partial charge >= 0.3 is 0 Å². The number of aryl methyl sites for hydroxylation is 1. The van der Waals surface area contributed by atoms with E-state index >= 15 is 0 Å². The molecule has 8 heteroatoms. The molecule has 158 valence electrons. The van der Waals surface area contributed by atoms with Crippen LogP contribution in [0.4, 0.5) is 5.69 Å². The van der Waals surface area contributed by atoms with Gasteiger partial charge in [0.2, 0.25) is 10.0 Å². The van der Waals surface area contributed by atoms with Gasteiger partial charge in [-0.1, -0.05) is 23.7 Å². The molecular weight excluding hydrogens is 410 g/mol. The Kier molecular flexibility index (Phi) is 7.40. The zero-order chi connectivity index (χ0) is 20.9. The summed E-state index contributed by atoms with van der Waals surface area (Å²) in [6.45, 7) is 4.63. The Morgan fingerprint density at radius 3 is 2.38 bits per heavy atom. The minimum absolute atomic E-state index is 0.139. The minimum Gasteiger partial charge on any atom is -0.495 e. The van der Waals surface area contributed by atoms with Crippen molar-refractivity contribution in [2.24, 2.45) is 0 Å². The molecule has 0 bridgehead atoms. The number of hydrogen-bond donors (Lipinski definition) is 1. The lowest BCUT2D eigenvalue weighted by atomic mass is 10.1. The van der Waals surface area contributed by atoms with Gasteiger partial charge in [0.15, 0.2) is 0 Å². The fourth-order valence-corrected chi connectivity index (χ4v) is 4.76. The number of nitrogens with zero attached hydrogens (tertiary/aromatic N) is 2. The second-order valence-corrected chi connectivity index (χ2v) is 9.43. The quantitative estimate of drug-likeness (QED) is 0.643. The predicted octanol–water partition coefficient (Wildman–Crippen LogP) is 3.01. The van der Waals surface area contributed by atoms with Crippen molar-refractivity contribution in [2.75, 3.05) is 51.8 Å². The third kappa shape index (κ3) is 5.85. The fourth-order valence-electron chi connectivity index (χ4n) is 3.33. The van der Waals surface area contributed by atoms with Gasteiger partial charge in [-0.2, -0.15) is 0 Å². The van der Waals surface area contributed by atoms with E-state index in [0.29, 0.717) is 12.3 Å². The van der Waals surface area contributed by atoms with Crippen molar-refractivity contribution < 1.29 is 13.2 Å². The third-order valence-corrected chi connectivity index (χ3v) is 6.93. The lowest BCUT2D eigenvalue weighted by molar-refractivity contribution is 0.313. The maximum Gasteiger partial charge on any atom is 0.240 e. The average Bonchev–Trinajstić information content (AvgIpc) is 2.72. The van der Waals surface area contributed by atoms with E-state index in [1.54, 1.807) is 6.07 Å². The number of ether oxygens (including phenoxy) is 1. The molecule has 2 aromatic rings. The number of rotatable bonds is 8. The SMILES string of the molecule is COc1ccc(S(=O)(=O)NCCCc2ccc(N3CCN(C)CC3)cc2)cc1Cl. The summed E-state index contributed by atoms with van der Waals surface area (Å²) in [6, 6.07) is 13.0. The standard InChI is InChI=1S/C21H28ClN3O3S/c1-24-12-14-25(15-13-24)18-7-5-17(6-8-18)4-3-11-23-29(26,27)19-9-10-21(28-2)20(22)16-19/h5-10,16,23H,3-4,11-15H2,1-2H3. The van der Waals surface area contributed by atoms with E-state index in [1.807, 2.05) is 0 Å². The number of methoxy groups -OCH3 is 1. The highest BCUT2D eigenvalue weighted by Crippen LogP contribution is 2.26. The minimum atomic E-state index is -3.59. The molecule has 6 nitrogen and oxygen atoms in total. The van der Waals surface area contributed by atoms with Crippen LogP contribution in [-0.2, 0) is 16.4 Å². The molecule has 29 heavy (non-hydrogen) atoms. The molecule has 1 aliphatic rings. The molecule has 0 aliphatic carbocycles. The highest BCUT2D eigenvalue weighted by Gasteiger charge is 2.16. The third-order valence-electron chi connectivity index (χ3n) is 5.17. The van der Waals surface area contributed by atoms with Gasteiger partial charge in [-0.3, -0.25) is 0 Å². The van der Waals surface area contributed by atoms with Gasteiger partial charge < -0.3 is 14.5 Å². The number of benzene rings is 2. The van der Waals surface area contributed by atoms with Crippen LogP contribution in [0.15, 0.2) is 47.4 Å². The van der Waals surface area contributed by atoms with Gasteiger partial charge in [-0.25, -0.2) is 13.1 Å². The Morgan fingerprint density at radius 2 is 1.76 bits per heavy atom.